The van der Waals surface area contributed by atoms with E-state index in [1.165, 1.54) is 4.31 Å². The van der Waals surface area contributed by atoms with Crippen LogP contribution >= 0.6 is 0 Å². The van der Waals surface area contributed by atoms with E-state index in [0.717, 1.165) is 16.7 Å². The predicted molar refractivity (Wildman–Crippen MR) is 148 cm³/mol. The lowest BCUT2D eigenvalue weighted by Gasteiger charge is -2.33. The number of hydrogen-bond acceptors (Lipinski definition) is 4. The quantitative estimate of drug-likeness (QED) is 0.330. The van der Waals surface area contributed by atoms with Crippen LogP contribution in [0.1, 0.15) is 65.1 Å². The molecule has 0 aliphatic carbocycles. The maximum Gasteiger partial charge on any atom is 0.338 e. The number of carbonyl (C=O) groups is 2. The zero-order valence-electron chi connectivity index (χ0n) is 21.9. The number of rotatable bonds is 5. The van der Waals surface area contributed by atoms with Gasteiger partial charge in [-0.3, -0.25) is 9.10 Å². The molecule has 3 aromatic rings. The summed E-state index contributed by atoms with van der Waals surface area (Å²) in [5.41, 5.74) is 4.08. The molecule has 0 spiro atoms. The molecule has 0 saturated heterocycles. The molecule has 0 saturated carbocycles. The summed E-state index contributed by atoms with van der Waals surface area (Å²) in [5, 5.41) is 0. The molecule has 1 amide bonds. The van der Waals surface area contributed by atoms with Gasteiger partial charge in [-0.15, -0.1) is 0 Å². The number of fused-ring (bicyclic) bond motifs is 1. The molecule has 192 valence electrons. The summed E-state index contributed by atoms with van der Waals surface area (Å²) in [6, 6.07) is 22.1. The zero-order valence-corrected chi connectivity index (χ0v) is 22.7. The van der Waals surface area contributed by atoms with Crippen molar-refractivity contribution in [3.63, 3.8) is 0 Å². The third-order valence-corrected chi connectivity index (χ3v) is 6.78. The van der Waals surface area contributed by atoms with Gasteiger partial charge in [-0.25, -0.2) is 13.3 Å². The lowest BCUT2D eigenvalue weighted by molar-refractivity contribution is 0.0377. The minimum atomic E-state index is -1.68. The minimum absolute atomic E-state index is 0.138. The van der Waals surface area contributed by atoms with Crippen LogP contribution in [-0.4, -0.2) is 33.5 Å². The van der Waals surface area contributed by atoms with E-state index in [1.807, 2.05) is 50.2 Å². The number of nitrogens with zero attached hydrogens (tertiary/aromatic N) is 2. The highest BCUT2D eigenvalue weighted by molar-refractivity contribution is 7.84. The first-order valence-corrected chi connectivity index (χ1v) is 13.3. The maximum atomic E-state index is 13.3. The summed E-state index contributed by atoms with van der Waals surface area (Å²) < 4.78 is 21.1. The summed E-state index contributed by atoms with van der Waals surface area (Å²) in [6.45, 7) is 7.72. The molecule has 37 heavy (non-hydrogen) atoms. The van der Waals surface area contributed by atoms with Crippen molar-refractivity contribution >= 4 is 28.7 Å². The molecule has 1 aliphatic rings. The van der Waals surface area contributed by atoms with Crippen molar-refractivity contribution in [2.45, 2.75) is 46.8 Å². The number of carbonyl (C=O) groups excluding carboxylic acids is 2. The number of amides is 1. The smallest absolute Gasteiger partial charge is 0.338 e. The monoisotopic (exact) mass is 516 g/mol. The second kappa shape index (κ2) is 12.9. The highest BCUT2D eigenvalue weighted by atomic mass is 32.2. The SMILES string of the molecule is CC.CC(C)OC(=O)c1ccc(CN2C(=O)c3cc(C#CCc4ccccc4)ccc3N(C)S2=O)cc1. The standard InChI is InChI=1S/C28H26N2O4S.C2H6/c1-20(2)34-28(32)24-15-12-23(13-16-24)19-30-27(31)25-18-22(14-17-26(25)29(3)35(30)33)11-7-10-21-8-5-4-6-9-21;1-2/h4-6,8-9,12-18,20H,10,19H2,1-3H3;1-2H3. The topological polar surface area (TPSA) is 66.9 Å². The molecule has 6 nitrogen and oxygen atoms in total. The van der Waals surface area contributed by atoms with Gasteiger partial charge in [0.25, 0.3) is 5.91 Å². The molecule has 0 radical (unpaired) electrons. The summed E-state index contributed by atoms with van der Waals surface area (Å²) in [6.07, 6.45) is 0.405. The average Bonchev–Trinajstić information content (AvgIpc) is 2.91. The molecule has 1 heterocycles. The Morgan fingerprint density at radius 3 is 2.30 bits per heavy atom. The van der Waals surface area contributed by atoms with Gasteiger partial charge in [0.2, 0.25) is 11.2 Å². The van der Waals surface area contributed by atoms with Gasteiger partial charge in [-0.1, -0.05) is 68.2 Å². The van der Waals surface area contributed by atoms with Crippen molar-refractivity contribution < 1.29 is 18.5 Å². The number of hydrogen-bond donors (Lipinski definition) is 0. The Morgan fingerprint density at radius 1 is 0.973 bits per heavy atom. The molecule has 7 heteroatoms. The van der Waals surface area contributed by atoms with E-state index in [9.17, 15) is 13.8 Å². The van der Waals surface area contributed by atoms with Gasteiger partial charge in [0.1, 0.15) is 0 Å². The average molecular weight is 517 g/mol. The molecule has 4 rings (SSSR count). The first-order valence-electron chi connectivity index (χ1n) is 12.3. The Kier molecular flexibility index (Phi) is 9.64. The lowest BCUT2D eigenvalue weighted by Crippen LogP contribution is -2.45. The molecular weight excluding hydrogens is 484 g/mol. The normalized spacial score (nSPS) is 14.2. The van der Waals surface area contributed by atoms with E-state index < -0.39 is 17.1 Å². The fourth-order valence-electron chi connectivity index (χ4n) is 3.66. The largest absolute Gasteiger partial charge is 0.459 e. The van der Waals surface area contributed by atoms with E-state index in [2.05, 4.69) is 11.8 Å². The Bertz CT molecular complexity index is 1330. The summed E-state index contributed by atoms with van der Waals surface area (Å²) in [7, 11) is 1.69. The fraction of sp³-hybridized carbons (Fsp3) is 0.267. The van der Waals surface area contributed by atoms with Gasteiger partial charge < -0.3 is 4.74 Å². The van der Waals surface area contributed by atoms with Crippen molar-refractivity contribution in [1.29, 1.82) is 0 Å². The van der Waals surface area contributed by atoms with Crippen LogP contribution in [-0.2, 0) is 28.9 Å². The van der Waals surface area contributed by atoms with Crippen molar-refractivity contribution in [1.82, 2.24) is 4.31 Å². The van der Waals surface area contributed by atoms with Crippen molar-refractivity contribution in [2.75, 3.05) is 11.4 Å². The fourth-order valence-corrected chi connectivity index (χ4v) is 4.79. The summed E-state index contributed by atoms with van der Waals surface area (Å²) in [4.78, 5) is 25.4. The molecule has 3 aromatic carbocycles. The van der Waals surface area contributed by atoms with Crippen LogP contribution in [0.3, 0.4) is 0 Å². The molecule has 1 aliphatic heterocycles. The van der Waals surface area contributed by atoms with E-state index in [4.69, 9.17) is 4.74 Å². The second-order valence-corrected chi connectivity index (χ2v) is 9.87. The van der Waals surface area contributed by atoms with E-state index in [0.29, 0.717) is 23.2 Å². The molecule has 0 bridgehead atoms. The zero-order chi connectivity index (χ0) is 26.9. The van der Waals surface area contributed by atoms with Crippen LogP contribution in [0.15, 0.2) is 72.8 Å². The number of esters is 1. The highest BCUT2D eigenvalue weighted by Gasteiger charge is 2.34. The molecule has 0 fully saturated rings. The van der Waals surface area contributed by atoms with Gasteiger partial charge in [-0.2, -0.15) is 0 Å². The van der Waals surface area contributed by atoms with E-state index in [-0.39, 0.29) is 18.6 Å². The van der Waals surface area contributed by atoms with Crippen LogP contribution in [0.4, 0.5) is 5.69 Å². The predicted octanol–water partition coefficient (Wildman–Crippen LogP) is 5.54. The highest BCUT2D eigenvalue weighted by Crippen LogP contribution is 2.31. The van der Waals surface area contributed by atoms with Crippen LogP contribution in [0.2, 0.25) is 0 Å². The molecule has 0 N–H and O–H groups in total. The Morgan fingerprint density at radius 2 is 1.65 bits per heavy atom. The Hall–Kier alpha value is -3.89. The summed E-state index contributed by atoms with van der Waals surface area (Å²) in [5.74, 6) is 5.54. The molecule has 1 atom stereocenters. The van der Waals surface area contributed by atoms with Gasteiger partial charge in [0, 0.05) is 19.0 Å². The number of benzene rings is 3. The second-order valence-electron chi connectivity index (χ2n) is 8.42. The van der Waals surface area contributed by atoms with Gasteiger partial charge in [-0.05, 0) is 55.3 Å². The van der Waals surface area contributed by atoms with Crippen LogP contribution < -0.4 is 4.31 Å². The third-order valence-electron chi connectivity index (χ3n) is 5.44. The van der Waals surface area contributed by atoms with Gasteiger partial charge in [0.15, 0.2) is 0 Å². The van der Waals surface area contributed by atoms with Gasteiger partial charge >= 0.3 is 5.97 Å². The number of ether oxygens (including phenoxy) is 1. The van der Waals surface area contributed by atoms with Crippen LogP contribution in [0.5, 0.6) is 0 Å². The Labute approximate surface area is 222 Å². The van der Waals surface area contributed by atoms with Crippen molar-refractivity contribution in [3.05, 3.63) is 101 Å². The third kappa shape index (κ3) is 6.87. The van der Waals surface area contributed by atoms with Gasteiger partial charge in [0.05, 0.1) is 29.5 Å². The first kappa shape index (κ1) is 27.7. The van der Waals surface area contributed by atoms with Crippen LogP contribution in [0.25, 0.3) is 0 Å². The lowest BCUT2D eigenvalue weighted by atomic mass is 10.1. The minimum Gasteiger partial charge on any atom is -0.459 e. The molecule has 1 unspecified atom stereocenters. The van der Waals surface area contributed by atoms with E-state index >= 15 is 0 Å². The molecular formula is C30H32N2O4S. The maximum absolute atomic E-state index is 13.3. The Balaban J connectivity index is 0.00000186. The first-order chi connectivity index (χ1) is 17.8. The number of anilines is 1. The molecule has 0 aromatic heterocycles. The van der Waals surface area contributed by atoms with E-state index in [1.54, 1.807) is 61.6 Å². The van der Waals surface area contributed by atoms with Crippen LogP contribution in [0, 0.1) is 11.8 Å². The van der Waals surface area contributed by atoms with Crippen molar-refractivity contribution in [2.24, 2.45) is 0 Å². The summed E-state index contributed by atoms with van der Waals surface area (Å²) >= 11 is -1.68. The van der Waals surface area contributed by atoms with Crippen molar-refractivity contribution in [3.8, 4) is 11.8 Å².